The molecule has 2 heterocycles. The molecule has 0 aliphatic carbocycles. The maximum absolute atomic E-state index is 13.3. The highest BCUT2D eigenvalue weighted by Gasteiger charge is 2.39. The molecule has 172 valence electrons. The summed E-state index contributed by atoms with van der Waals surface area (Å²) < 4.78 is 35.1. The highest BCUT2D eigenvalue weighted by atomic mass is 32.2. The fourth-order valence-corrected chi connectivity index (χ4v) is 5.80. The molecule has 1 aliphatic heterocycles. The molecular formula is C23H24N4O5S. The summed E-state index contributed by atoms with van der Waals surface area (Å²) in [5.41, 5.74) is 1.45. The van der Waals surface area contributed by atoms with Crippen molar-refractivity contribution in [3.63, 3.8) is 0 Å². The molecule has 0 spiro atoms. The van der Waals surface area contributed by atoms with E-state index in [0.717, 1.165) is 0 Å². The minimum atomic E-state index is -3.72. The Kier molecular flexibility index (Phi) is 6.10. The van der Waals surface area contributed by atoms with Crippen molar-refractivity contribution in [2.24, 2.45) is 5.92 Å². The van der Waals surface area contributed by atoms with Gasteiger partial charge >= 0.3 is 5.97 Å². The first-order valence-electron chi connectivity index (χ1n) is 10.6. The molecule has 2 atom stereocenters. The lowest BCUT2D eigenvalue weighted by molar-refractivity contribution is -0.136. The molecule has 3 aromatic rings. The Labute approximate surface area is 191 Å². The molecule has 33 heavy (non-hydrogen) atoms. The summed E-state index contributed by atoms with van der Waals surface area (Å²) in [4.78, 5) is 11.5. The van der Waals surface area contributed by atoms with Crippen molar-refractivity contribution in [2.75, 3.05) is 19.7 Å². The molecule has 1 fully saturated rings. The van der Waals surface area contributed by atoms with Crippen LogP contribution >= 0.6 is 0 Å². The summed E-state index contributed by atoms with van der Waals surface area (Å²) in [6, 6.07) is 13.2. The Morgan fingerprint density at radius 1 is 1.24 bits per heavy atom. The topological polar surface area (TPSA) is 126 Å². The molecule has 1 aromatic heterocycles. The number of carboxylic acid groups (broad SMARTS) is 1. The van der Waals surface area contributed by atoms with Gasteiger partial charge in [0, 0.05) is 18.5 Å². The number of aliphatic carboxylic acids is 1. The Balaban J connectivity index is 1.67. The molecule has 9 nitrogen and oxygen atoms in total. The maximum Gasteiger partial charge on any atom is 0.309 e. The van der Waals surface area contributed by atoms with Gasteiger partial charge in [0.2, 0.25) is 10.0 Å². The average molecular weight is 469 g/mol. The van der Waals surface area contributed by atoms with Gasteiger partial charge in [0.15, 0.2) is 0 Å². The summed E-state index contributed by atoms with van der Waals surface area (Å²) in [7, 11) is -3.72. The van der Waals surface area contributed by atoms with Gasteiger partial charge in [0.25, 0.3) is 0 Å². The van der Waals surface area contributed by atoms with E-state index in [-0.39, 0.29) is 29.8 Å². The van der Waals surface area contributed by atoms with Crippen molar-refractivity contribution >= 4 is 26.9 Å². The lowest BCUT2D eigenvalue weighted by Crippen LogP contribution is -2.29. The van der Waals surface area contributed by atoms with Crippen LogP contribution < -0.4 is 4.74 Å². The minimum Gasteiger partial charge on any atom is -0.494 e. The third-order valence-corrected chi connectivity index (χ3v) is 7.70. The molecule has 0 saturated carbocycles. The first kappa shape index (κ1) is 22.8. The van der Waals surface area contributed by atoms with E-state index in [0.29, 0.717) is 41.1 Å². The van der Waals surface area contributed by atoms with Gasteiger partial charge in [0.05, 0.1) is 46.8 Å². The van der Waals surface area contributed by atoms with E-state index in [2.05, 4.69) is 11.2 Å². The third kappa shape index (κ3) is 4.29. The van der Waals surface area contributed by atoms with E-state index >= 15 is 0 Å². The van der Waals surface area contributed by atoms with Crippen LogP contribution in [0.2, 0.25) is 0 Å². The zero-order chi connectivity index (χ0) is 23.8. The van der Waals surface area contributed by atoms with Gasteiger partial charge in [-0.1, -0.05) is 6.92 Å². The Bertz CT molecular complexity index is 1340. The molecule has 2 aromatic carbocycles. The summed E-state index contributed by atoms with van der Waals surface area (Å²) in [6.45, 7) is 4.83. The SMILES string of the molecule is CCOc1ccc(S(=O)(=O)N2C[C@@H](C)[C@@H](n3nc(CC(=O)O)c4cc(C#N)ccc43)C2)cc1. The normalized spacial score (nSPS) is 18.9. The highest BCUT2D eigenvalue weighted by Crippen LogP contribution is 2.35. The summed E-state index contributed by atoms with van der Waals surface area (Å²) in [6.07, 6.45) is -0.284. The number of fused-ring (bicyclic) bond motifs is 1. The van der Waals surface area contributed by atoms with E-state index in [4.69, 9.17) is 4.74 Å². The quantitative estimate of drug-likeness (QED) is 0.565. The second kappa shape index (κ2) is 8.84. The number of benzene rings is 2. The van der Waals surface area contributed by atoms with E-state index in [9.17, 15) is 23.6 Å². The highest BCUT2D eigenvalue weighted by molar-refractivity contribution is 7.89. The standard InChI is InChI=1S/C23H24N4O5S/c1-3-32-17-5-7-18(8-6-17)33(30,31)26-13-15(2)22(14-26)27-21-9-4-16(12-24)10-19(21)20(25-27)11-23(28)29/h4-10,15,22H,3,11,13-14H2,1-2H3,(H,28,29)/t15-,22+/m1/s1. The molecule has 0 unspecified atom stereocenters. The Morgan fingerprint density at radius 3 is 2.61 bits per heavy atom. The van der Waals surface area contributed by atoms with Crippen LogP contribution in [0.25, 0.3) is 10.9 Å². The van der Waals surface area contributed by atoms with Crippen LogP contribution in [0.3, 0.4) is 0 Å². The van der Waals surface area contributed by atoms with E-state index in [1.165, 1.54) is 16.4 Å². The van der Waals surface area contributed by atoms with E-state index < -0.39 is 16.0 Å². The minimum absolute atomic E-state index is 0.0566. The van der Waals surface area contributed by atoms with Crippen molar-refractivity contribution in [3.8, 4) is 11.8 Å². The average Bonchev–Trinajstić information content (AvgIpc) is 3.34. The number of sulfonamides is 1. The molecule has 4 rings (SSSR count). The predicted molar refractivity (Wildman–Crippen MR) is 120 cm³/mol. The molecule has 1 saturated heterocycles. The van der Waals surface area contributed by atoms with Gasteiger partial charge in [-0.25, -0.2) is 8.42 Å². The number of ether oxygens (including phenoxy) is 1. The Hall–Kier alpha value is -3.42. The van der Waals surface area contributed by atoms with E-state index in [1.807, 2.05) is 13.8 Å². The number of hydrogen-bond donors (Lipinski definition) is 1. The zero-order valence-corrected chi connectivity index (χ0v) is 19.1. The smallest absolute Gasteiger partial charge is 0.309 e. The number of aromatic nitrogens is 2. The fourth-order valence-electron chi connectivity index (χ4n) is 4.25. The second-order valence-corrected chi connectivity index (χ2v) is 10.0. The first-order valence-corrected chi connectivity index (χ1v) is 12.0. The van der Waals surface area contributed by atoms with Crippen molar-refractivity contribution in [1.29, 1.82) is 5.26 Å². The molecule has 1 N–H and O–H groups in total. The first-order chi connectivity index (χ1) is 15.7. The van der Waals surface area contributed by atoms with Gasteiger partial charge in [0.1, 0.15) is 5.75 Å². The van der Waals surface area contributed by atoms with Crippen molar-refractivity contribution in [2.45, 2.75) is 31.2 Å². The van der Waals surface area contributed by atoms with Crippen LogP contribution in [-0.2, 0) is 21.2 Å². The van der Waals surface area contributed by atoms with Crippen LogP contribution in [0, 0.1) is 17.2 Å². The van der Waals surface area contributed by atoms with Gasteiger partial charge in [-0.2, -0.15) is 14.7 Å². The van der Waals surface area contributed by atoms with Gasteiger partial charge < -0.3 is 9.84 Å². The largest absolute Gasteiger partial charge is 0.494 e. The summed E-state index contributed by atoms with van der Waals surface area (Å²) in [5.74, 6) is -0.475. The summed E-state index contributed by atoms with van der Waals surface area (Å²) in [5, 5.41) is 23.7. The van der Waals surface area contributed by atoms with Gasteiger partial charge in [-0.15, -0.1) is 0 Å². The molecule has 0 radical (unpaired) electrons. The maximum atomic E-state index is 13.3. The molecule has 0 amide bonds. The van der Waals surface area contributed by atoms with Crippen LogP contribution in [0.15, 0.2) is 47.4 Å². The third-order valence-electron chi connectivity index (χ3n) is 5.86. The second-order valence-electron chi connectivity index (χ2n) is 8.08. The monoisotopic (exact) mass is 468 g/mol. The van der Waals surface area contributed by atoms with Crippen molar-refractivity contribution < 1.29 is 23.1 Å². The van der Waals surface area contributed by atoms with Gasteiger partial charge in [-0.05, 0) is 55.3 Å². The fraction of sp³-hybridized carbons (Fsp3) is 0.348. The van der Waals surface area contributed by atoms with Crippen LogP contribution in [-0.4, -0.2) is 53.3 Å². The number of hydrogen-bond acceptors (Lipinski definition) is 6. The van der Waals surface area contributed by atoms with Gasteiger partial charge in [-0.3, -0.25) is 9.48 Å². The van der Waals surface area contributed by atoms with Crippen molar-refractivity contribution in [3.05, 3.63) is 53.7 Å². The molecule has 0 bridgehead atoms. The number of nitrogens with zero attached hydrogens (tertiary/aromatic N) is 4. The molecule has 10 heteroatoms. The lowest BCUT2D eigenvalue weighted by atomic mass is 10.1. The van der Waals surface area contributed by atoms with E-state index in [1.54, 1.807) is 35.0 Å². The lowest BCUT2D eigenvalue weighted by Gasteiger charge is -2.18. The number of nitriles is 1. The van der Waals surface area contributed by atoms with Crippen molar-refractivity contribution in [1.82, 2.24) is 14.1 Å². The van der Waals surface area contributed by atoms with Crippen LogP contribution in [0.5, 0.6) is 5.75 Å². The Morgan fingerprint density at radius 2 is 1.97 bits per heavy atom. The zero-order valence-electron chi connectivity index (χ0n) is 18.3. The number of carbonyl (C=O) groups is 1. The molecule has 1 aliphatic rings. The number of carboxylic acids is 1. The molecular weight excluding hydrogens is 444 g/mol. The summed E-state index contributed by atoms with van der Waals surface area (Å²) >= 11 is 0. The number of rotatable bonds is 7. The van der Waals surface area contributed by atoms with Crippen LogP contribution in [0.4, 0.5) is 0 Å². The predicted octanol–water partition coefficient (Wildman–Crippen LogP) is 2.82. The van der Waals surface area contributed by atoms with Crippen LogP contribution in [0.1, 0.15) is 31.1 Å².